The molecule has 0 bridgehead atoms. The summed E-state index contributed by atoms with van der Waals surface area (Å²) in [5.41, 5.74) is -0.362. The van der Waals surface area contributed by atoms with E-state index in [0.29, 0.717) is 23.4 Å². The molecular formula is C13H17FN2O2S. The number of halogens is 1. The van der Waals surface area contributed by atoms with Gasteiger partial charge in [0, 0.05) is 17.1 Å². The summed E-state index contributed by atoms with van der Waals surface area (Å²) in [7, 11) is 0. The highest BCUT2D eigenvalue weighted by Gasteiger charge is 2.34. The Labute approximate surface area is 115 Å². The van der Waals surface area contributed by atoms with Crippen molar-refractivity contribution in [1.82, 2.24) is 5.32 Å². The summed E-state index contributed by atoms with van der Waals surface area (Å²) in [6.45, 7) is 0.226. The highest BCUT2D eigenvalue weighted by Crippen LogP contribution is 2.30. The topological polar surface area (TPSA) is 61.4 Å². The molecule has 0 aliphatic heterocycles. The number of anilines is 1. The molecule has 0 saturated heterocycles. The minimum atomic E-state index is -0.759. The summed E-state index contributed by atoms with van der Waals surface area (Å²) in [6, 6.07) is 4.11. The number of benzene rings is 1. The minimum Gasteiger partial charge on any atom is -0.388 e. The zero-order chi connectivity index (χ0) is 13.9. The molecular weight excluding hydrogens is 267 g/mol. The van der Waals surface area contributed by atoms with Crippen LogP contribution in [-0.2, 0) is 0 Å². The third-order valence-corrected chi connectivity index (χ3v) is 4.04. The van der Waals surface area contributed by atoms with Gasteiger partial charge in [0.2, 0.25) is 0 Å². The predicted octanol–water partition coefficient (Wildman–Crippen LogP) is 2.58. The van der Waals surface area contributed by atoms with Gasteiger partial charge >= 0.3 is 6.03 Å². The Hall–Kier alpha value is -1.27. The van der Waals surface area contributed by atoms with Crippen molar-refractivity contribution in [1.29, 1.82) is 0 Å². The van der Waals surface area contributed by atoms with Crippen molar-refractivity contribution in [2.45, 2.75) is 29.8 Å². The highest BCUT2D eigenvalue weighted by molar-refractivity contribution is 7.98. The second-order valence-corrected chi connectivity index (χ2v) is 5.58. The van der Waals surface area contributed by atoms with E-state index in [4.69, 9.17) is 0 Å². The molecule has 1 saturated carbocycles. The van der Waals surface area contributed by atoms with E-state index < -0.39 is 11.6 Å². The normalized spacial score (nSPS) is 16.6. The van der Waals surface area contributed by atoms with Gasteiger partial charge in [0.1, 0.15) is 5.82 Å². The molecule has 2 amide bonds. The molecule has 1 aromatic rings. The monoisotopic (exact) mass is 284 g/mol. The molecule has 1 aliphatic carbocycles. The number of thioether (sulfide) groups is 1. The van der Waals surface area contributed by atoms with E-state index >= 15 is 0 Å². The van der Waals surface area contributed by atoms with Crippen molar-refractivity contribution in [2.24, 2.45) is 0 Å². The third-order valence-electron chi connectivity index (χ3n) is 3.27. The Morgan fingerprint density at radius 2 is 2.26 bits per heavy atom. The van der Waals surface area contributed by atoms with Gasteiger partial charge in [0.05, 0.1) is 5.60 Å². The first-order valence-corrected chi connectivity index (χ1v) is 7.36. The van der Waals surface area contributed by atoms with E-state index in [1.165, 1.54) is 17.8 Å². The van der Waals surface area contributed by atoms with E-state index in [1.807, 2.05) is 0 Å². The molecule has 1 aromatic carbocycles. The van der Waals surface area contributed by atoms with Gasteiger partial charge in [-0.15, -0.1) is 11.8 Å². The Bertz CT molecular complexity index is 478. The molecule has 1 fully saturated rings. The van der Waals surface area contributed by atoms with Crippen LogP contribution >= 0.6 is 11.8 Å². The zero-order valence-electron chi connectivity index (χ0n) is 10.7. The SMILES string of the molecule is CSc1ccc(NC(=O)NCC2(O)CCC2)cc1F. The number of urea groups is 1. The van der Waals surface area contributed by atoms with Gasteiger partial charge in [0.25, 0.3) is 0 Å². The number of carbonyl (C=O) groups excluding carboxylic acids is 1. The fraction of sp³-hybridized carbons (Fsp3) is 0.462. The second-order valence-electron chi connectivity index (χ2n) is 4.73. The molecule has 3 N–H and O–H groups in total. The van der Waals surface area contributed by atoms with Gasteiger partial charge in [-0.1, -0.05) is 0 Å². The first-order chi connectivity index (χ1) is 9.02. The first kappa shape index (κ1) is 14.1. The van der Waals surface area contributed by atoms with Crippen LogP contribution in [-0.4, -0.2) is 29.5 Å². The Kier molecular flexibility index (Phi) is 4.31. The Morgan fingerprint density at radius 3 is 2.79 bits per heavy atom. The predicted molar refractivity (Wildman–Crippen MR) is 74.0 cm³/mol. The van der Waals surface area contributed by atoms with E-state index in [9.17, 15) is 14.3 Å². The van der Waals surface area contributed by atoms with Gasteiger partial charge in [-0.2, -0.15) is 0 Å². The van der Waals surface area contributed by atoms with Crippen molar-refractivity contribution in [3.8, 4) is 0 Å². The van der Waals surface area contributed by atoms with Crippen LogP contribution in [0.2, 0.25) is 0 Å². The summed E-state index contributed by atoms with van der Waals surface area (Å²) < 4.78 is 13.5. The number of hydrogen-bond donors (Lipinski definition) is 3. The van der Waals surface area contributed by atoms with Crippen LogP contribution in [0.25, 0.3) is 0 Å². The molecule has 0 radical (unpaired) electrons. The number of aliphatic hydroxyl groups is 1. The number of amides is 2. The standard InChI is InChI=1S/C13H17FN2O2S/c1-19-11-4-3-9(7-10(11)14)16-12(17)15-8-13(18)5-2-6-13/h3-4,7,18H,2,5-6,8H2,1H3,(H2,15,16,17). The summed E-state index contributed by atoms with van der Waals surface area (Å²) >= 11 is 1.31. The van der Waals surface area contributed by atoms with Gasteiger partial charge in [0.15, 0.2) is 0 Å². The average Bonchev–Trinajstić information content (AvgIpc) is 2.34. The number of hydrogen-bond acceptors (Lipinski definition) is 3. The molecule has 0 aromatic heterocycles. The lowest BCUT2D eigenvalue weighted by Gasteiger charge is -2.36. The lowest BCUT2D eigenvalue weighted by Crippen LogP contribution is -2.48. The average molecular weight is 284 g/mol. The Morgan fingerprint density at radius 1 is 1.53 bits per heavy atom. The molecule has 19 heavy (non-hydrogen) atoms. The van der Waals surface area contributed by atoms with Crippen molar-refractivity contribution in [3.63, 3.8) is 0 Å². The van der Waals surface area contributed by atoms with Gasteiger partial charge in [-0.05, 0) is 43.7 Å². The van der Waals surface area contributed by atoms with Crippen LogP contribution in [0.15, 0.2) is 23.1 Å². The maximum Gasteiger partial charge on any atom is 0.319 e. The highest BCUT2D eigenvalue weighted by atomic mass is 32.2. The third kappa shape index (κ3) is 3.61. The van der Waals surface area contributed by atoms with E-state index in [1.54, 1.807) is 18.4 Å². The summed E-state index contributed by atoms with van der Waals surface area (Å²) in [5, 5.41) is 15.0. The molecule has 2 rings (SSSR count). The minimum absolute atomic E-state index is 0.226. The van der Waals surface area contributed by atoms with Crippen molar-refractivity contribution in [2.75, 3.05) is 18.1 Å². The van der Waals surface area contributed by atoms with Crippen molar-refractivity contribution < 1.29 is 14.3 Å². The molecule has 0 atom stereocenters. The molecule has 1 aliphatic rings. The largest absolute Gasteiger partial charge is 0.388 e. The molecule has 6 heteroatoms. The maximum atomic E-state index is 13.5. The second kappa shape index (κ2) is 5.79. The Balaban J connectivity index is 1.86. The van der Waals surface area contributed by atoms with Gasteiger partial charge < -0.3 is 15.7 Å². The summed E-state index contributed by atoms with van der Waals surface area (Å²) in [6.07, 6.45) is 4.20. The zero-order valence-corrected chi connectivity index (χ0v) is 11.5. The van der Waals surface area contributed by atoms with Crippen LogP contribution in [0, 0.1) is 5.82 Å². The van der Waals surface area contributed by atoms with Crippen LogP contribution in [0.1, 0.15) is 19.3 Å². The lowest BCUT2D eigenvalue weighted by atomic mass is 9.80. The van der Waals surface area contributed by atoms with E-state index in [-0.39, 0.29) is 12.4 Å². The molecule has 4 nitrogen and oxygen atoms in total. The summed E-state index contributed by atoms with van der Waals surface area (Å²) in [4.78, 5) is 12.1. The van der Waals surface area contributed by atoms with Crippen LogP contribution in [0.5, 0.6) is 0 Å². The van der Waals surface area contributed by atoms with Crippen LogP contribution < -0.4 is 10.6 Å². The van der Waals surface area contributed by atoms with Crippen molar-refractivity contribution in [3.05, 3.63) is 24.0 Å². The maximum absolute atomic E-state index is 13.5. The molecule has 0 unspecified atom stereocenters. The van der Waals surface area contributed by atoms with Crippen LogP contribution in [0.3, 0.4) is 0 Å². The fourth-order valence-corrected chi connectivity index (χ4v) is 2.38. The molecule has 0 spiro atoms. The molecule has 104 valence electrons. The van der Waals surface area contributed by atoms with E-state index in [2.05, 4.69) is 10.6 Å². The summed E-state index contributed by atoms with van der Waals surface area (Å²) in [5.74, 6) is -0.358. The van der Waals surface area contributed by atoms with Crippen LogP contribution in [0.4, 0.5) is 14.9 Å². The quantitative estimate of drug-likeness (QED) is 0.745. The number of nitrogens with one attached hydrogen (secondary N) is 2. The number of carbonyl (C=O) groups is 1. The number of rotatable bonds is 4. The lowest BCUT2D eigenvalue weighted by molar-refractivity contribution is -0.0287. The smallest absolute Gasteiger partial charge is 0.319 e. The van der Waals surface area contributed by atoms with E-state index in [0.717, 1.165) is 6.42 Å². The molecule has 0 heterocycles. The van der Waals surface area contributed by atoms with Crippen molar-refractivity contribution >= 4 is 23.5 Å². The fourth-order valence-electron chi connectivity index (χ4n) is 1.93. The van der Waals surface area contributed by atoms with Gasteiger partial charge in [-0.25, -0.2) is 9.18 Å². The first-order valence-electron chi connectivity index (χ1n) is 6.13. The van der Waals surface area contributed by atoms with Gasteiger partial charge in [-0.3, -0.25) is 0 Å².